The van der Waals surface area contributed by atoms with Gasteiger partial charge in [-0.1, -0.05) is 0 Å². The molecule has 1 heterocycles. The third-order valence-corrected chi connectivity index (χ3v) is 2.42. The molecule has 0 saturated heterocycles. The van der Waals surface area contributed by atoms with Gasteiger partial charge in [0.2, 0.25) is 0 Å². The zero-order valence-corrected chi connectivity index (χ0v) is 9.16. The van der Waals surface area contributed by atoms with Gasteiger partial charge in [-0.2, -0.15) is 0 Å². The Labute approximate surface area is 101 Å². The molecule has 0 saturated carbocycles. The van der Waals surface area contributed by atoms with Gasteiger partial charge in [0.15, 0.2) is 0 Å². The minimum atomic E-state index is -1.01. The average Bonchev–Trinajstić information content (AvgIpc) is 2.35. The lowest BCUT2D eigenvalue weighted by Crippen LogP contribution is -2.12. The number of fused-ring (bicyclic) bond motifs is 1. The first-order valence-electron chi connectivity index (χ1n) is 5.06. The van der Waals surface area contributed by atoms with Crippen molar-refractivity contribution >= 4 is 28.1 Å². The Hall–Kier alpha value is -2.70. The number of carbonyl (C=O) groups is 1. The number of pyridine rings is 1. The zero-order valence-electron chi connectivity index (χ0n) is 9.16. The van der Waals surface area contributed by atoms with Crippen LogP contribution in [-0.4, -0.2) is 27.5 Å². The molecule has 7 nitrogen and oxygen atoms in total. The number of nitrogens with zero attached hydrogens (tertiary/aromatic N) is 2. The van der Waals surface area contributed by atoms with Crippen LogP contribution in [0.4, 0.5) is 11.4 Å². The first-order valence-corrected chi connectivity index (χ1v) is 5.06. The van der Waals surface area contributed by atoms with E-state index in [4.69, 9.17) is 5.11 Å². The van der Waals surface area contributed by atoms with Crippen molar-refractivity contribution in [3.05, 3.63) is 40.7 Å². The minimum absolute atomic E-state index is 0.0340. The number of anilines is 1. The molecule has 1 aromatic carbocycles. The van der Waals surface area contributed by atoms with Crippen LogP contribution in [-0.2, 0) is 4.79 Å². The molecule has 0 aliphatic heterocycles. The summed E-state index contributed by atoms with van der Waals surface area (Å²) in [5.41, 5.74) is 0.472. The van der Waals surface area contributed by atoms with Crippen LogP contribution in [0, 0.1) is 10.1 Å². The number of hydrogen-bond acceptors (Lipinski definition) is 5. The highest BCUT2D eigenvalue weighted by atomic mass is 16.6. The summed E-state index contributed by atoms with van der Waals surface area (Å²) in [4.78, 5) is 24.8. The molecule has 0 unspecified atom stereocenters. The molecule has 0 amide bonds. The Kier molecular flexibility index (Phi) is 3.05. The van der Waals surface area contributed by atoms with E-state index >= 15 is 0 Å². The van der Waals surface area contributed by atoms with E-state index in [1.807, 2.05) is 0 Å². The maximum absolute atomic E-state index is 10.9. The summed E-state index contributed by atoms with van der Waals surface area (Å²) in [6, 6.07) is 4.34. The Morgan fingerprint density at radius 1 is 1.39 bits per heavy atom. The van der Waals surface area contributed by atoms with Crippen molar-refractivity contribution in [1.82, 2.24) is 4.98 Å². The van der Waals surface area contributed by atoms with Crippen LogP contribution in [0.25, 0.3) is 10.8 Å². The SMILES string of the molecule is O=C(O)CNc1ccc([N+](=O)[O-])c2ccncc12. The second-order valence-electron chi connectivity index (χ2n) is 3.56. The highest BCUT2D eigenvalue weighted by molar-refractivity contribution is 5.99. The molecule has 2 rings (SSSR count). The first-order chi connectivity index (χ1) is 8.59. The molecular formula is C11H9N3O4. The number of carboxylic acid groups (broad SMARTS) is 1. The van der Waals surface area contributed by atoms with Crippen molar-refractivity contribution in [1.29, 1.82) is 0 Å². The fraction of sp³-hybridized carbons (Fsp3) is 0.0909. The van der Waals surface area contributed by atoms with Crippen molar-refractivity contribution < 1.29 is 14.8 Å². The van der Waals surface area contributed by atoms with Gasteiger partial charge < -0.3 is 10.4 Å². The Balaban J connectivity index is 2.53. The quantitative estimate of drug-likeness (QED) is 0.628. The molecule has 92 valence electrons. The number of carboxylic acids is 1. The van der Waals surface area contributed by atoms with Crippen LogP contribution in [0.5, 0.6) is 0 Å². The lowest BCUT2D eigenvalue weighted by Gasteiger charge is -2.07. The van der Waals surface area contributed by atoms with Gasteiger partial charge in [0.25, 0.3) is 5.69 Å². The highest BCUT2D eigenvalue weighted by Gasteiger charge is 2.14. The van der Waals surface area contributed by atoms with Crippen LogP contribution >= 0.6 is 0 Å². The monoisotopic (exact) mass is 247 g/mol. The van der Waals surface area contributed by atoms with Crippen molar-refractivity contribution in [2.75, 3.05) is 11.9 Å². The number of nitro groups is 1. The summed E-state index contributed by atoms with van der Waals surface area (Å²) in [7, 11) is 0. The summed E-state index contributed by atoms with van der Waals surface area (Å²) in [5.74, 6) is -1.01. The van der Waals surface area contributed by atoms with E-state index in [0.29, 0.717) is 16.5 Å². The summed E-state index contributed by atoms with van der Waals surface area (Å²) >= 11 is 0. The van der Waals surface area contributed by atoms with Gasteiger partial charge in [0, 0.05) is 29.5 Å². The Bertz CT molecular complexity index is 627. The van der Waals surface area contributed by atoms with Crippen LogP contribution in [0.15, 0.2) is 30.6 Å². The molecule has 18 heavy (non-hydrogen) atoms. The zero-order chi connectivity index (χ0) is 13.1. The molecule has 2 N–H and O–H groups in total. The second-order valence-corrected chi connectivity index (χ2v) is 3.56. The molecule has 0 spiro atoms. The van der Waals surface area contributed by atoms with E-state index in [-0.39, 0.29) is 12.2 Å². The predicted octanol–water partition coefficient (Wildman–Crippen LogP) is 1.64. The van der Waals surface area contributed by atoms with E-state index in [0.717, 1.165) is 0 Å². The molecule has 0 atom stereocenters. The number of aliphatic carboxylic acids is 1. The number of non-ortho nitro benzene ring substituents is 1. The predicted molar refractivity (Wildman–Crippen MR) is 64.5 cm³/mol. The fourth-order valence-corrected chi connectivity index (χ4v) is 1.66. The smallest absolute Gasteiger partial charge is 0.322 e. The molecule has 0 bridgehead atoms. The standard InChI is InChI=1S/C11H9N3O4/c15-11(16)6-13-9-1-2-10(14(17)18)7-3-4-12-5-8(7)9/h1-5,13H,6H2,(H,15,16). The summed E-state index contributed by atoms with van der Waals surface area (Å²) < 4.78 is 0. The first kappa shape index (κ1) is 11.8. The van der Waals surface area contributed by atoms with Crippen LogP contribution in [0.1, 0.15) is 0 Å². The molecule has 2 aromatic rings. The van der Waals surface area contributed by atoms with Gasteiger partial charge in [-0.25, -0.2) is 0 Å². The van der Waals surface area contributed by atoms with Crippen molar-refractivity contribution in [3.63, 3.8) is 0 Å². The van der Waals surface area contributed by atoms with Gasteiger partial charge in [0.05, 0.1) is 10.3 Å². The van der Waals surface area contributed by atoms with E-state index < -0.39 is 10.9 Å². The second kappa shape index (κ2) is 4.66. The lowest BCUT2D eigenvalue weighted by atomic mass is 10.1. The van der Waals surface area contributed by atoms with E-state index in [2.05, 4.69) is 10.3 Å². The van der Waals surface area contributed by atoms with Crippen LogP contribution < -0.4 is 5.32 Å². The van der Waals surface area contributed by atoms with E-state index in [1.165, 1.54) is 30.6 Å². The number of benzene rings is 1. The van der Waals surface area contributed by atoms with Gasteiger partial charge in [-0.15, -0.1) is 0 Å². The molecule has 7 heteroatoms. The number of rotatable bonds is 4. The molecule has 1 aromatic heterocycles. The molecular weight excluding hydrogens is 238 g/mol. The molecule has 0 radical (unpaired) electrons. The summed E-state index contributed by atoms with van der Waals surface area (Å²) in [6.07, 6.45) is 2.92. The highest BCUT2D eigenvalue weighted by Crippen LogP contribution is 2.30. The van der Waals surface area contributed by atoms with Gasteiger partial charge in [-0.3, -0.25) is 19.9 Å². The van der Waals surface area contributed by atoms with Crippen LogP contribution in [0.2, 0.25) is 0 Å². The number of hydrogen-bond donors (Lipinski definition) is 2. The third kappa shape index (κ3) is 2.19. The number of aromatic nitrogens is 1. The number of nitro benzene ring substituents is 1. The van der Waals surface area contributed by atoms with Gasteiger partial charge >= 0.3 is 5.97 Å². The largest absolute Gasteiger partial charge is 0.480 e. The summed E-state index contributed by atoms with van der Waals surface area (Å²) in [6.45, 7) is -0.262. The van der Waals surface area contributed by atoms with Crippen molar-refractivity contribution in [2.45, 2.75) is 0 Å². The van der Waals surface area contributed by atoms with Gasteiger partial charge in [-0.05, 0) is 12.1 Å². The topological polar surface area (TPSA) is 105 Å². The van der Waals surface area contributed by atoms with E-state index in [9.17, 15) is 14.9 Å². The Morgan fingerprint density at radius 3 is 2.83 bits per heavy atom. The molecule has 0 fully saturated rings. The van der Waals surface area contributed by atoms with Gasteiger partial charge in [0.1, 0.15) is 6.54 Å². The van der Waals surface area contributed by atoms with Crippen LogP contribution in [0.3, 0.4) is 0 Å². The Morgan fingerprint density at radius 2 is 2.17 bits per heavy atom. The maximum atomic E-state index is 10.9. The lowest BCUT2D eigenvalue weighted by molar-refractivity contribution is -0.383. The average molecular weight is 247 g/mol. The fourth-order valence-electron chi connectivity index (χ4n) is 1.66. The van der Waals surface area contributed by atoms with Crippen molar-refractivity contribution in [2.24, 2.45) is 0 Å². The maximum Gasteiger partial charge on any atom is 0.322 e. The third-order valence-electron chi connectivity index (χ3n) is 2.42. The minimum Gasteiger partial charge on any atom is -0.480 e. The molecule has 0 aliphatic rings. The summed E-state index contributed by atoms with van der Waals surface area (Å²) in [5, 5.41) is 23.1. The van der Waals surface area contributed by atoms with Crippen molar-refractivity contribution in [3.8, 4) is 0 Å². The van der Waals surface area contributed by atoms with E-state index in [1.54, 1.807) is 0 Å². The normalized spacial score (nSPS) is 10.2. The molecule has 0 aliphatic carbocycles. The number of nitrogens with one attached hydrogen (secondary N) is 1.